The largest absolute Gasteiger partial charge is 0.496 e. The van der Waals surface area contributed by atoms with Gasteiger partial charge in [-0.15, -0.1) is 0 Å². The summed E-state index contributed by atoms with van der Waals surface area (Å²) < 4.78 is 19.1. The minimum absolute atomic E-state index is 0.112. The monoisotopic (exact) mass is 288 g/mol. The van der Waals surface area contributed by atoms with E-state index in [1.807, 2.05) is 19.2 Å². The van der Waals surface area contributed by atoms with Crippen molar-refractivity contribution >= 4 is 0 Å². The molecule has 0 saturated carbocycles. The number of ether oxygens (including phenoxy) is 1. The molecule has 1 N–H and O–H groups in total. The minimum Gasteiger partial charge on any atom is -0.496 e. The molecule has 2 rings (SSSR count). The minimum atomic E-state index is -0.263. The normalized spacial score (nSPS) is 12.2. The number of hydrogen-bond donors (Lipinski definition) is 1. The van der Waals surface area contributed by atoms with Gasteiger partial charge in [0.2, 0.25) is 0 Å². The van der Waals surface area contributed by atoms with Gasteiger partial charge in [0.15, 0.2) is 0 Å². The lowest BCUT2D eigenvalue weighted by Gasteiger charge is -2.23. The van der Waals surface area contributed by atoms with Crippen LogP contribution in [0, 0.1) is 5.82 Å². The molecule has 1 aromatic heterocycles. The Labute approximate surface area is 125 Å². The zero-order valence-corrected chi connectivity index (χ0v) is 12.7. The summed E-state index contributed by atoms with van der Waals surface area (Å²) in [7, 11) is 1.60. The number of halogens is 1. The maximum atomic E-state index is 13.7. The van der Waals surface area contributed by atoms with Gasteiger partial charge in [0, 0.05) is 18.0 Å². The van der Waals surface area contributed by atoms with Crippen LogP contribution in [-0.2, 0) is 6.42 Å². The van der Waals surface area contributed by atoms with Crippen molar-refractivity contribution < 1.29 is 9.13 Å². The number of hydrogen-bond acceptors (Lipinski definition) is 3. The third kappa shape index (κ3) is 3.39. The number of rotatable bonds is 6. The first-order valence-corrected chi connectivity index (χ1v) is 7.20. The molecule has 1 atom stereocenters. The van der Waals surface area contributed by atoms with Crippen LogP contribution in [-0.4, -0.2) is 18.6 Å². The molecule has 112 valence electrons. The number of aromatic nitrogens is 1. The smallest absolute Gasteiger partial charge is 0.124 e. The topological polar surface area (TPSA) is 34.2 Å². The molecule has 2 aromatic rings. The Morgan fingerprint density at radius 3 is 2.71 bits per heavy atom. The third-order valence-electron chi connectivity index (χ3n) is 3.54. The van der Waals surface area contributed by atoms with E-state index in [9.17, 15) is 4.39 Å². The van der Waals surface area contributed by atoms with Gasteiger partial charge in [-0.3, -0.25) is 4.98 Å². The van der Waals surface area contributed by atoms with E-state index in [4.69, 9.17) is 4.74 Å². The molecule has 1 heterocycles. The highest BCUT2D eigenvalue weighted by Gasteiger charge is 2.20. The van der Waals surface area contributed by atoms with E-state index in [0.717, 1.165) is 29.7 Å². The van der Waals surface area contributed by atoms with Crippen LogP contribution in [0.2, 0.25) is 0 Å². The second-order valence-corrected chi connectivity index (χ2v) is 4.81. The standard InChI is InChI=1S/C17H21FN2O/c1-4-12-11-19-9-8-14(12)17(20-5-2)15-10-13(18)6-7-16(15)21-3/h6-11,17,20H,4-5H2,1-3H3. The molecule has 4 heteroatoms. The summed E-state index contributed by atoms with van der Waals surface area (Å²) in [4.78, 5) is 4.18. The lowest BCUT2D eigenvalue weighted by atomic mass is 9.94. The summed E-state index contributed by atoms with van der Waals surface area (Å²) in [6.45, 7) is 4.90. The fourth-order valence-electron chi connectivity index (χ4n) is 2.54. The van der Waals surface area contributed by atoms with Gasteiger partial charge in [0.25, 0.3) is 0 Å². The lowest BCUT2D eigenvalue weighted by molar-refractivity contribution is 0.402. The van der Waals surface area contributed by atoms with Gasteiger partial charge in [-0.1, -0.05) is 13.8 Å². The highest BCUT2D eigenvalue weighted by molar-refractivity contribution is 5.43. The van der Waals surface area contributed by atoms with Crippen LogP contribution in [0.1, 0.15) is 36.6 Å². The molecule has 3 nitrogen and oxygen atoms in total. The van der Waals surface area contributed by atoms with Crippen LogP contribution in [0.4, 0.5) is 4.39 Å². The zero-order chi connectivity index (χ0) is 15.2. The Hall–Kier alpha value is -1.94. The van der Waals surface area contributed by atoms with Gasteiger partial charge < -0.3 is 10.1 Å². The molecule has 0 bridgehead atoms. The van der Waals surface area contributed by atoms with Crippen molar-refractivity contribution in [2.75, 3.05) is 13.7 Å². The average Bonchev–Trinajstić information content (AvgIpc) is 2.52. The van der Waals surface area contributed by atoms with E-state index < -0.39 is 0 Å². The molecule has 0 aliphatic heterocycles. The van der Waals surface area contributed by atoms with Crippen molar-refractivity contribution in [1.82, 2.24) is 10.3 Å². The first-order valence-electron chi connectivity index (χ1n) is 7.20. The highest BCUT2D eigenvalue weighted by Crippen LogP contribution is 2.32. The van der Waals surface area contributed by atoms with E-state index in [-0.39, 0.29) is 11.9 Å². The van der Waals surface area contributed by atoms with E-state index in [2.05, 4.69) is 17.2 Å². The number of aryl methyl sites for hydroxylation is 1. The molecule has 1 aromatic carbocycles. The highest BCUT2D eigenvalue weighted by atomic mass is 19.1. The number of methoxy groups -OCH3 is 1. The summed E-state index contributed by atoms with van der Waals surface area (Å²) >= 11 is 0. The number of benzene rings is 1. The maximum Gasteiger partial charge on any atom is 0.124 e. The Morgan fingerprint density at radius 2 is 2.05 bits per heavy atom. The fourth-order valence-corrected chi connectivity index (χ4v) is 2.54. The summed E-state index contributed by atoms with van der Waals surface area (Å²) in [5.41, 5.74) is 3.06. The SMILES string of the molecule is CCNC(c1ccncc1CC)c1cc(F)ccc1OC. The number of nitrogens with zero attached hydrogens (tertiary/aromatic N) is 1. The Balaban J connectivity index is 2.55. The fraction of sp³-hybridized carbons (Fsp3) is 0.353. The maximum absolute atomic E-state index is 13.7. The predicted octanol–water partition coefficient (Wildman–Crippen LogP) is 3.49. The molecule has 21 heavy (non-hydrogen) atoms. The van der Waals surface area contributed by atoms with Crippen LogP contribution in [0.15, 0.2) is 36.7 Å². The summed E-state index contributed by atoms with van der Waals surface area (Å²) in [6.07, 6.45) is 4.51. The van der Waals surface area contributed by atoms with Crippen LogP contribution in [0.5, 0.6) is 5.75 Å². The lowest BCUT2D eigenvalue weighted by Crippen LogP contribution is -2.24. The van der Waals surface area contributed by atoms with Gasteiger partial charge in [-0.2, -0.15) is 0 Å². The zero-order valence-electron chi connectivity index (χ0n) is 12.7. The molecule has 0 radical (unpaired) electrons. The van der Waals surface area contributed by atoms with Gasteiger partial charge in [0.1, 0.15) is 11.6 Å². The summed E-state index contributed by atoms with van der Waals surface area (Å²) in [5, 5.41) is 3.42. The first-order chi connectivity index (χ1) is 10.2. The van der Waals surface area contributed by atoms with Crippen LogP contribution < -0.4 is 10.1 Å². The van der Waals surface area contributed by atoms with E-state index >= 15 is 0 Å². The van der Waals surface area contributed by atoms with Gasteiger partial charge in [0.05, 0.1) is 13.2 Å². The van der Waals surface area contributed by atoms with Crippen molar-refractivity contribution in [3.63, 3.8) is 0 Å². The van der Waals surface area contributed by atoms with Crippen molar-refractivity contribution in [1.29, 1.82) is 0 Å². The van der Waals surface area contributed by atoms with Gasteiger partial charge in [-0.05, 0) is 48.4 Å². The molecular weight excluding hydrogens is 267 g/mol. The van der Waals surface area contributed by atoms with Crippen molar-refractivity contribution in [3.8, 4) is 5.75 Å². The second-order valence-electron chi connectivity index (χ2n) is 4.81. The molecule has 0 aliphatic carbocycles. The molecular formula is C17H21FN2O. The second kappa shape index (κ2) is 7.18. The van der Waals surface area contributed by atoms with Crippen molar-refractivity contribution in [3.05, 3.63) is 59.2 Å². The van der Waals surface area contributed by atoms with E-state index in [1.165, 1.54) is 12.1 Å². The summed E-state index contributed by atoms with van der Waals surface area (Å²) in [5.74, 6) is 0.419. The Bertz CT molecular complexity index is 601. The van der Waals surface area contributed by atoms with Crippen molar-refractivity contribution in [2.24, 2.45) is 0 Å². The first kappa shape index (κ1) is 15.4. The van der Waals surface area contributed by atoms with Gasteiger partial charge in [-0.25, -0.2) is 4.39 Å². The average molecular weight is 288 g/mol. The molecule has 0 saturated heterocycles. The van der Waals surface area contributed by atoms with Crippen LogP contribution in [0.25, 0.3) is 0 Å². The predicted molar refractivity (Wildman–Crippen MR) is 82.1 cm³/mol. The molecule has 0 aliphatic rings. The molecule has 0 amide bonds. The Kier molecular flexibility index (Phi) is 5.28. The Morgan fingerprint density at radius 1 is 1.24 bits per heavy atom. The van der Waals surface area contributed by atoms with Gasteiger partial charge >= 0.3 is 0 Å². The third-order valence-corrected chi connectivity index (χ3v) is 3.54. The molecule has 0 spiro atoms. The number of pyridine rings is 1. The van der Waals surface area contributed by atoms with Crippen molar-refractivity contribution in [2.45, 2.75) is 26.3 Å². The van der Waals surface area contributed by atoms with Crippen LogP contribution >= 0.6 is 0 Å². The van der Waals surface area contributed by atoms with Crippen LogP contribution in [0.3, 0.4) is 0 Å². The number of nitrogens with one attached hydrogen (secondary N) is 1. The van der Waals surface area contributed by atoms with E-state index in [1.54, 1.807) is 19.4 Å². The van der Waals surface area contributed by atoms with E-state index in [0.29, 0.717) is 5.75 Å². The summed E-state index contributed by atoms with van der Waals surface area (Å²) in [6, 6.07) is 6.49. The molecule has 0 fully saturated rings. The quantitative estimate of drug-likeness (QED) is 0.883. The molecule has 1 unspecified atom stereocenters.